The van der Waals surface area contributed by atoms with Gasteiger partial charge >= 0.3 is 0 Å². The molecular weight excluding hydrogens is 364 g/mol. The van der Waals surface area contributed by atoms with Gasteiger partial charge in [-0.05, 0) is 115 Å². The number of aliphatic hydroxyl groups excluding tert-OH is 1. The number of aliphatic hydroxyl groups is 1. The van der Waals surface area contributed by atoms with Crippen molar-refractivity contribution in [3.05, 3.63) is 0 Å². The van der Waals surface area contributed by atoms with E-state index >= 15 is 0 Å². The molecule has 0 aromatic rings. The van der Waals surface area contributed by atoms with Gasteiger partial charge < -0.3 is 5.11 Å². The molecule has 11 atom stereocenters. The molecule has 0 aromatic carbocycles. The summed E-state index contributed by atoms with van der Waals surface area (Å²) in [6.07, 6.45) is 13.6. The number of hydrogen-bond acceptors (Lipinski definition) is 1. The average molecular weight is 417 g/mol. The Morgan fingerprint density at radius 3 is 2.17 bits per heavy atom. The van der Waals surface area contributed by atoms with Crippen LogP contribution in [0.5, 0.6) is 0 Å². The molecule has 4 aliphatic carbocycles. The summed E-state index contributed by atoms with van der Waals surface area (Å²) in [5.41, 5.74) is 1.10. The van der Waals surface area contributed by atoms with Crippen molar-refractivity contribution in [3.63, 3.8) is 0 Å². The summed E-state index contributed by atoms with van der Waals surface area (Å²) in [5.74, 6) is 7.97. The summed E-state index contributed by atoms with van der Waals surface area (Å²) < 4.78 is 0. The molecule has 0 amide bonds. The zero-order valence-electron chi connectivity index (χ0n) is 21.3. The maximum atomic E-state index is 10.4. The number of rotatable bonds is 5. The average Bonchev–Trinajstić information content (AvgIpc) is 3.04. The van der Waals surface area contributed by atoms with Gasteiger partial charge in [-0.2, -0.15) is 0 Å². The highest BCUT2D eigenvalue weighted by atomic mass is 16.3. The zero-order valence-corrected chi connectivity index (χ0v) is 21.3. The molecule has 0 heterocycles. The van der Waals surface area contributed by atoms with Crippen LogP contribution in [-0.4, -0.2) is 11.2 Å². The molecule has 1 N–H and O–H groups in total. The first kappa shape index (κ1) is 23.1. The third-order valence-electron chi connectivity index (χ3n) is 12.0. The first-order valence-electron chi connectivity index (χ1n) is 13.8. The maximum absolute atomic E-state index is 10.4. The normalized spacial score (nSPS) is 50.5. The van der Waals surface area contributed by atoms with Crippen molar-refractivity contribution in [2.24, 2.45) is 64.1 Å². The maximum Gasteiger partial charge on any atom is 0.0543 e. The third-order valence-corrected chi connectivity index (χ3v) is 12.0. The minimum atomic E-state index is -0.0270. The van der Waals surface area contributed by atoms with Crippen molar-refractivity contribution in [3.8, 4) is 0 Å². The van der Waals surface area contributed by atoms with Gasteiger partial charge in [0.15, 0.2) is 0 Å². The lowest BCUT2D eigenvalue weighted by Gasteiger charge is -2.63. The largest absolute Gasteiger partial charge is 0.393 e. The summed E-state index contributed by atoms with van der Waals surface area (Å²) in [6.45, 7) is 17.7. The fourth-order valence-corrected chi connectivity index (χ4v) is 9.75. The lowest BCUT2D eigenvalue weighted by atomic mass is 9.42. The van der Waals surface area contributed by atoms with E-state index < -0.39 is 0 Å². The van der Waals surface area contributed by atoms with Gasteiger partial charge in [-0.1, -0.05) is 61.3 Å². The van der Waals surface area contributed by atoms with E-state index in [1.807, 2.05) is 0 Å². The molecule has 1 nitrogen and oxygen atoms in total. The van der Waals surface area contributed by atoms with Gasteiger partial charge in [0.05, 0.1) is 6.10 Å². The topological polar surface area (TPSA) is 20.2 Å². The van der Waals surface area contributed by atoms with E-state index in [9.17, 15) is 5.11 Å². The van der Waals surface area contributed by atoms with Crippen molar-refractivity contribution in [2.45, 2.75) is 119 Å². The summed E-state index contributed by atoms with van der Waals surface area (Å²) >= 11 is 0. The van der Waals surface area contributed by atoms with Gasteiger partial charge in [0.25, 0.3) is 0 Å². The van der Waals surface area contributed by atoms with E-state index in [1.54, 1.807) is 0 Å². The highest BCUT2D eigenvalue weighted by Crippen LogP contribution is 2.69. The molecule has 4 rings (SSSR count). The number of hydrogen-bond donors (Lipinski definition) is 1. The monoisotopic (exact) mass is 416 g/mol. The van der Waals surface area contributed by atoms with E-state index in [4.69, 9.17) is 0 Å². The van der Waals surface area contributed by atoms with Crippen molar-refractivity contribution >= 4 is 0 Å². The van der Waals surface area contributed by atoms with E-state index in [2.05, 4.69) is 48.5 Å². The molecule has 0 radical (unpaired) electrons. The number of fused-ring (bicyclic) bond motifs is 5. The van der Waals surface area contributed by atoms with Crippen molar-refractivity contribution < 1.29 is 5.11 Å². The molecule has 1 heteroatoms. The van der Waals surface area contributed by atoms with Gasteiger partial charge in [-0.25, -0.2) is 0 Å². The van der Waals surface area contributed by atoms with Crippen molar-refractivity contribution in [1.82, 2.24) is 0 Å². The second-order valence-corrected chi connectivity index (χ2v) is 13.6. The van der Waals surface area contributed by atoms with Crippen molar-refractivity contribution in [2.75, 3.05) is 0 Å². The first-order chi connectivity index (χ1) is 14.1. The summed E-state index contributed by atoms with van der Waals surface area (Å²) in [7, 11) is 0. The molecule has 0 aliphatic heterocycles. The van der Waals surface area contributed by atoms with Crippen LogP contribution in [0.2, 0.25) is 0 Å². The van der Waals surface area contributed by atoms with Crippen LogP contribution in [-0.2, 0) is 0 Å². The summed E-state index contributed by atoms with van der Waals surface area (Å²) in [5, 5.41) is 10.4. The molecule has 4 saturated carbocycles. The molecular formula is C29H52O. The standard InChI is InChI=1S/C29H52O/c1-18(2)19(3)8-9-20(4)24-10-11-25-23-16-21(5)27-17-22(30)12-14-29(27,7)26(23)13-15-28(24,25)6/h18-27,30H,8-17H2,1-7H3/t19?,20-,21?,22?,23?,24-,25?,26?,27?,28-,29-/m1/s1. The van der Waals surface area contributed by atoms with Gasteiger partial charge in [-0.3, -0.25) is 0 Å². The lowest BCUT2D eigenvalue weighted by Crippen LogP contribution is -2.56. The quantitative estimate of drug-likeness (QED) is 0.482. The summed E-state index contributed by atoms with van der Waals surface area (Å²) in [4.78, 5) is 0. The molecule has 0 aromatic heterocycles. The first-order valence-corrected chi connectivity index (χ1v) is 13.8. The molecule has 0 saturated heterocycles. The molecule has 0 spiro atoms. The highest BCUT2D eigenvalue weighted by molar-refractivity contribution is 5.10. The van der Waals surface area contributed by atoms with Crippen LogP contribution < -0.4 is 0 Å². The predicted molar refractivity (Wildman–Crippen MR) is 128 cm³/mol. The van der Waals surface area contributed by atoms with Crippen LogP contribution >= 0.6 is 0 Å². The van der Waals surface area contributed by atoms with Gasteiger partial charge in [0, 0.05) is 0 Å². The molecule has 7 unspecified atom stereocenters. The second kappa shape index (κ2) is 8.39. The fourth-order valence-electron chi connectivity index (χ4n) is 9.75. The van der Waals surface area contributed by atoms with Crippen LogP contribution in [0.1, 0.15) is 113 Å². The highest BCUT2D eigenvalue weighted by Gasteiger charge is 2.61. The van der Waals surface area contributed by atoms with Crippen LogP contribution in [0, 0.1) is 64.1 Å². The molecule has 4 aliphatic rings. The Kier molecular flexibility index (Phi) is 6.47. The minimum absolute atomic E-state index is 0.0270. The Hall–Kier alpha value is -0.0400. The van der Waals surface area contributed by atoms with Gasteiger partial charge in [0.2, 0.25) is 0 Å². The molecule has 30 heavy (non-hydrogen) atoms. The van der Waals surface area contributed by atoms with Gasteiger partial charge in [-0.15, -0.1) is 0 Å². The Balaban J connectivity index is 1.49. The predicted octanol–water partition coefficient (Wildman–Crippen LogP) is 7.96. The Bertz CT molecular complexity index is 597. The van der Waals surface area contributed by atoms with E-state index in [1.165, 1.54) is 51.4 Å². The zero-order chi connectivity index (χ0) is 21.8. The fraction of sp³-hybridized carbons (Fsp3) is 1.00. The Morgan fingerprint density at radius 1 is 0.800 bits per heavy atom. The van der Waals surface area contributed by atoms with E-state index in [0.29, 0.717) is 10.8 Å². The summed E-state index contributed by atoms with van der Waals surface area (Å²) in [6, 6.07) is 0. The van der Waals surface area contributed by atoms with Crippen LogP contribution in [0.25, 0.3) is 0 Å². The smallest absolute Gasteiger partial charge is 0.0543 e. The van der Waals surface area contributed by atoms with Crippen LogP contribution in [0.15, 0.2) is 0 Å². The molecule has 4 fully saturated rings. The lowest BCUT2D eigenvalue weighted by molar-refractivity contribution is -0.149. The molecule has 0 bridgehead atoms. The van der Waals surface area contributed by atoms with E-state index in [-0.39, 0.29) is 6.10 Å². The Morgan fingerprint density at radius 2 is 1.47 bits per heavy atom. The Labute approximate surface area is 188 Å². The van der Waals surface area contributed by atoms with Crippen LogP contribution in [0.4, 0.5) is 0 Å². The third kappa shape index (κ3) is 3.72. The SMILES string of the molecule is CC(C)C(C)CC[C@@H](C)[C@H]1CCC2C3CC(C)C4CC(O)CC[C@]4(C)C3CC[C@@]21C. The van der Waals surface area contributed by atoms with E-state index in [0.717, 1.165) is 66.1 Å². The van der Waals surface area contributed by atoms with Crippen molar-refractivity contribution in [1.29, 1.82) is 0 Å². The molecule has 174 valence electrons. The van der Waals surface area contributed by atoms with Gasteiger partial charge in [0.1, 0.15) is 0 Å². The second-order valence-electron chi connectivity index (χ2n) is 13.6. The van der Waals surface area contributed by atoms with Crippen LogP contribution in [0.3, 0.4) is 0 Å². The minimum Gasteiger partial charge on any atom is -0.393 e.